The van der Waals surface area contributed by atoms with Crippen molar-refractivity contribution in [3.8, 4) is 9.88 Å². The van der Waals surface area contributed by atoms with Crippen LogP contribution in [-0.2, 0) is 6.54 Å². The van der Waals surface area contributed by atoms with Crippen LogP contribution in [0.1, 0.15) is 31.3 Å². The van der Waals surface area contributed by atoms with Crippen molar-refractivity contribution >= 4 is 34.3 Å². The van der Waals surface area contributed by atoms with Crippen LogP contribution in [0.15, 0.2) is 5.38 Å². The second-order valence-electron chi connectivity index (χ2n) is 5.17. The minimum absolute atomic E-state index is 0.0863. The minimum atomic E-state index is 0.0863. The quantitative estimate of drug-likeness (QED) is 0.927. The first kappa shape index (κ1) is 13.9. The maximum Gasteiger partial charge on any atom is 0.159 e. The molecule has 2 aromatic heterocycles. The van der Waals surface area contributed by atoms with Crippen molar-refractivity contribution in [2.24, 2.45) is 0 Å². The van der Waals surface area contributed by atoms with Crippen LogP contribution in [0.4, 0.5) is 0 Å². The molecular formula is C12H16ClN3S2. The molecule has 0 aromatic carbocycles. The van der Waals surface area contributed by atoms with E-state index in [1.807, 2.05) is 12.3 Å². The molecule has 0 bridgehead atoms. The Morgan fingerprint density at radius 2 is 2.06 bits per heavy atom. The van der Waals surface area contributed by atoms with E-state index in [1.54, 1.807) is 22.7 Å². The zero-order valence-corrected chi connectivity index (χ0v) is 13.3. The lowest BCUT2D eigenvalue weighted by Gasteiger charge is -2.19. The number of hydrogen-bond acceptors (Lipinski definition) is 5. The Morgan fingerprint density at radius 3 is 2.61 bits per heavy atom. The molecular weight excluding hydrogens is 286 g/mol. The fourth-order valence-corrected chi connectivity index (χ4v) is 3.54. The lowest BCUT2D eigenvalue weighted by Crippen LogP contribution is -2.35. The van der Waals surface area contributed by atoms with Gasteiger partial charge in [0.2, 0.25) is 0 Å². The fourth-order valence-electron chi connectivity index (χ4n) is 1.33. The minimum Gasteiger partial charge on any atom is -0.306 e. The van der Waals surface area contributed by atoms with Crippen LogP contribution in [0.3, 0.4) is 0 Å². The summed E-state index contributed by atoms with van der Waals surface area (Å²) in [6.45, 7) is 9.14. The molecule has 6 heteroatoms. The number of aryl methyl sites for hydroxylation is 1. The Hall–Kier alpha value is -0.490. The smallest absolute Gasteiger partial charge is 0.159 e. The van der Waals surface area contributed by atoms with Gasteiger partial charge in [0.05, 0.1) is 16.4 Å². The average Bonchev–Trinajstić information content (AvgIpc) is 2.84. The molecule has 2 rings (SSSR count). The number of halogens is 1. The molecule has 0 saturated heterocycles. The molecule has 0 aliphatic heterocycles. The summed E-state index contributed by atoms with van der Waals surface area (Å²) < 4.78 is 0. The highest BCUT2D eigenvalue weighted by atomic mass is 35.5. The first-order valence-electron chi connectivity index (χ1n) is 5.68. The van der Waals surface area contributed by atoms with Crippen molar-refractivity contribution < 1.29 is 0 Å². The maximum absolute atomic E-state index is 6.24. The predicted molar refractivity (Wildman–Crippen MR) is 79.6 cm³/mol. The molecule has 2 heterocycles. The Balaban J connectivity index is 2.13. The van der Waals surface area contributed by atoms with Gasteiger partial charge in [0, 0.05) is 5.54 Å². The Bertz CT molecular complexity index is 540. The second kappa shape index (κ2) is 5.25. The van der Waals surface area contributed by atoms with Gasteiger partial charge in [-0.3, -0.25) is 0 Å². The molecule has 98 valence electrons. The highest BCUT2D eigenvalue weighted by Gasteiger charge is 2.15. The zero-order chi connectivity index (χ0) is 13.3. The molecule has 0 spiro atoms. The number of nitrogens with one attached hydrogen (secondary N) is 1. The molecule has 0 aliphatic rings. The summed E-state index contributed by atoms with van der Waals surface area (Å²) in [7, 11) is 0. The van der Waals surface area contributed by atoms with E-state index in [-0.39, 0.29) is 5.54 Å². The summed E-state index contributed by atoms with van der Waals surface area (Å²) in [5.41, 5.74) is 1.18. The van der Waals surface area contributed by atoms with Crippen molar-refractivity contribution in [1.29, 1.82) is 0 Å². The van der Waals surface area contributed by atoms with Crippen molar-refractivity contribution in [3.63, 3.8) is 0 Å². The lowest BCUT2D eigenvalue weighted by atomic mass is 10.1. The van der Waals surface area contributed by atoms with Gasteiger partial charge in [0.1, 0.15) is 5.01 Å². The molecule has 1 N–H and O–H groups in total. The Kier molecular flexibility index (Phi) is 4.06. The number of thiophene rings is 1. The summed E-state index contributed by atoms with van der Waals surface area (Å²) in [5.74, 6) is 0. The van der Waals surface area contributed by atoms with Crippen LogP contribution >= 0.6 is 34.3 Å². The number of rotatable bonds is 3. The zero-order valence-electron chi connectivity index (χ0n) is 10.9. The molecule has 3 nitrogen and oxygen atoms in total. The lowest BCUT2D eigenvalue weighted by molar-refractivity contribution is 0.423. The maximum atomic E-state index is 6.24. The van der Waals surface area contributed by atoms with Gasteiger partial charge >= 0.3 is 0 Å². The van der Waals surface area contributed by atoms with Gasteiger partial charge in [0.25, 0.3) is 0 Å². The van der Waals surface area contributed by atoms with Gasteiger partial charge < -0.3 is 5.32 Å². The molecule has 0 aliphatic carbocycles. The summed E-state index contributed by atoms with van der Waals surface area (Å²) in [6.07, 6.45) is 0. The summed E-state index contributed by atoms with van der Waals surface area (Å²) in [6, 6.07) is 0. The Morgan fingerprint density at radius 1 is 1.33 bits per heavy atom. The molecule has 18 heavy (non-hydrogen) atoms. The number of hydrogen-bond donors (Lipinski definition) is 1. The Labute approximate surface area is 120 Å². The second-order valence-corrected chi connectivity index (χ2v) is 7.49. The van der Waals surface area contributed by atoms with E-state index >= 15 is 0 Å². The van der Waals surface area contributed by atoms with Crippen molar-refractivity contribution in [1.82, 2.24) is 15.5 Å². The number of aromatic nitrogens is 2. The van der Waals surface area contributed by atoms with E-state index in [0.717, 1.165) is 32.0 Å². The van der Waals surface area contributed by atoms with Gasteiger partial charge in [-0.2, -0.15) is 0 Å². The third kappa shape index (κ3) is 3.29. The molecule has 0 radical (unpaired) electrons. The molecule has 0 amide bonds. The monoisotopic (exact) mass is 301 g/mol. The van der Waals surface area contributed by atoms with Crippen molar-refractivity contribution in [2.75, 3.05) is 0 Å². The fraction of sp³-hybridized carbons (Fsp3) is 0.500. The normalized spacial score (nSPS) is 12.1. The first-order valence-corrected chi connectivity index (χ1v) is 7.75. The molecule has 0 atom stereocenters. The van der Waals surface area contributed by atoms with Crippen LogP contribution in [0.5, 0.6) is 0 Å². The topological polar surface area (TPSA) is 37.8 Å². The molecule has 2 aromatic rings. The number of nitrogens with zero attached hydrogens (tertiary/aromatic N) is 2. The van der Waals surface area contributed by atoms with E-state index in [0.29, 0.717) is 0 Å². The van der Waals surface area contributed by atoms with E-state index in [2.05, 4.69) is 36.3 Å². The van der Waals surface area contributed by atoms with Gasteiger partial charge in [-0.1, -0.05) is 22.9 Å². The summed E-state index contributed by atoms with van der Waals surface area (Å²) >= 11 is 9.45. The largest absolute Gasteiger partial charge is 0.306 e. The molecule has 0 saturated carbocycles. The van der Waals surface area contributed by atoms with Crippen LogP contribution in [0.2, 0.25) is 5.02 Å². The third-order valence-corrected chi connectivity index (χ3v) is 5.10. The highest BCUT2D eigenvalue weighted by Crippen LogP contribution is 2.37. The molecule has 0 fully saturated rings. The van der Waals surface area contributed by atoms with Crippen LogP contribution < -0.4 is 5.32 Å². The van der Waals surface area contributed by atoms with Gasteiger partial charge in [0.15, 0.2) is 5.01 Å². The van der Waals surface area contributed by atoms with Crippen LogP contribution in [-0.4, -0.2) is 15.7 Å². The summed E-state index contributed by atoms with van der Waals surface area (Å²) in [4.78, 5) is 1.02. The SMILES string of the molecule is Cc1csc(-c2nnc(CNC(C)(C)C)s2)c1Cl. The van der Waals surface area contributed by atoms with Gasteiger partial charge in [-0.05, 0) is 38.6 Å². The van der Waals surface area contributed by atoms with E-state index in [1.165, 1.54) is 0 Å². The van der Waals surface area contributed by atoms with Crippen molar-refractivity contribution in [2.45, 2.75) is 39.8 Å². The third-order valence-electron chi connectivity index (χ3n) is 2.33. The van der Waals surface area contributed by atoms with E-state index < -0.39 is 0 Å². The molecule has 0 unspecified atom stereocenters. The van der Waals surface area contributed by atoms with E-state index in [4.69, 9.17) is 11.6 Å². The van der Waals surface area contributed by atoms with Crippen LogP contribution in [0.25, 0.3) is 9.88 Å². The highest BCUT2D eigenvalue weighted by molar-refractivity contribution is 7.21. The van der Waals surface area contributed by atoms with Crippen LogP contribution in [0, 0.1) is 6.92 Å². The standard InChI is InChI=1S/C12H16ClN3S2/c1-7-6-17-10(9(7)13)11-16-15-8(18-11)5-14-12(2,3)4/h6,14H,5H2,1-4H3. The van der Waals surface area contributed by atoms with Gasteiger partial charge in [-0.15, -0.1) is 21.5 Å². The van der Waals surface area contributed by atoms with Crippen molar-refractivity contribution in [3.05, 3.63) is 21.0 Å². The van der Waals surface area contributed by atoms with Gasteiger partial charge in [-0.25, -0.2) is 0 Å². The average molecular weight is 302 g/mol. The predicted octanol–water partition coefficient (Wildman–Crippen LogP) is 4.12. The van der Waals surface area contributed by atoms with E-state index in [9.17, 15) is 0 Å². The summed E-state index contributed by atoms with van der Waals surface area (Å²) in [5, 5.41) is 16.6. The first-order chi connectivity index (χ1) is 8.37.